The summed E-state index contributed by atoms with van der Waals surface area (Å²) in [5.41, 5.74) is 0.870. The number of halogens is 2. The van der Waals surface area contributed by atoms with E-state index in [1.54, 1.807) is 24.3 Å². The molecule has 27 heavy (non-hydrogen) atoms. The molecule has 0 aromatic heterocycles. The highest BCUT2D eigenvalue weighted by Gasteiger charge is 2.35. The van der Waals surface area contributed by atoms with Crippen molar-refractivity contribution in [2.24, 2.45) is 0 Å². The molecule has 2 aromatic rings. The van der Waals surface area contributed by atoms with Crippen LogP contribution in [0.15, 0.2) is 42.5 Å². The molecule has 0 bridgehead atoms. The average Bonchev–Trinajstić information content (AvgIpc) is 3.54. The Bertz CT molecular complexity index is 854. The van der Waals surface area contributed by atoms with Gasteiger partial charge in [0.25, 0.3) is 11.8 Å². The van der Waals surface area contributed by atoms with Crippen molar-refractivity contribution in [2.45, 2.75) is 44.3 Å². The number of carbonyl (C=O) groups is 2. The Labute approximate surface area is 156 Å². The summed E-state index contributed by atoms with van der Waals surface area (Å²) in [4.78, 5) is 26.3. The molecule has 0 aliphatic heterocycles. The number of rotatable bonds is 6. The summed E-state index contributed by atoms with van der Waals surface area (Å²) in [6.45, 7) is 0.252. The number of nitrogens with one attached hydrogen (secondary N) is 1. The maximum Gasteiger partial charge on any atom is 0.260 e. The van der Waals surface area contributed by atoms with Gasteiger partial charge in [-0.3, -0.25) is 9.59 Å². The molecule has 2 aliphatic rings. The lowest BCUT2D eigenvalue weighted by atomic mass is 10.1. The molecule has 2 saturated carbocycles. The van der Waals surface area contributed by atoms with E-state index in [0.29, 0.717) is 5.56 Å². The van der Waals surface area contributed by atoms with Gasteiger partial charge in [0.1, 0.15) is 17.2 Å². The number of carbonyl (C=O) groups excluding carboxylic acids is 2. The zero-order valence-electron chi connectivity index (χ0n) is 14.8. The Morgan fingerprint density at radius 3 is 2.15 bits per heavy atom. The van der Waals surface area contributed by atoms with Gasteiger partial charge < -0.3 is 10.2 Å². The first-order valence-corrected chi connectivity index (χ1v) is 9.17. The monoisotopic (exact) mass is 370 g/mol. The molecule has 6 heteroatoms. The van der Waals surface area contributed by atoms with Crippen LogP contribution in [0.1, 0.15) is 52.0 Å². The minimum Gasteiger partial charge on any atom is -0.349 e. The largest absolute Gasteiger partial charge is 0.349 e. The van der Waals surface area contributed by atoms with Crippen LogP contribution in [0.2, 0.25) is 0 Å². The van der Waals surface area contributed by atoms with Crippen LogP contribution in [0.3, 0.4) is 0 Å². The molecule has 1 N–H and O–H groups in total. The third kappa shape index (κ3) is 3.99. The second kappa shape index (κ2) is 7.10. The first kappa shape index (κ1) is 17.6. The maximum atomic E-state index is 14.0. The van der Waals surface area contributed by atoms with E-state index in [0.717, 1.165) is 43.4 Å². The average molecular weight is 370 g/mol. The van der Waals surface area contributed by atoms with Gasteiger partial charge in [0.2, 0.25) is 0 Å². The summed E-state index contributed by atoms with van der Waals surface area (Å²) in [5, 5.41) is 2.92. The molecule has 0 saturated heterocycles. The molecule has 0 spiro atoms. The van der Waals surface area contributed by atoms with Crippen LogP contribution in [-0.4, -0.2) is 28.8 Å². The lowest BCUT2D eigenvalue weighted by molar-refractivity contribution is 0.0719. The van der Waals surface area contributed by atoms with Crippen molar-refractivity contribution in [2.75, 3.05) is 0 Å². The molecule has 0 atom stereocenters. The summed E-state index contributed by atoms with van der Waals surface area (Å²) in [6.07, 6.45) is 3.69. The van der Waals surface area contributed by atoms with Gasteiger partial charge >= 0.3 is 0 Å². The van der Waals surface area contributed by atoms with Crippen molar-refractivity contribution in [1.82, 2.24) is 10.2 Å². The van der Waals surface area contributed by atoms with Gasteiger partial charge in [-0.1, -0.05) is 18.2 Å². The molecule has 2 amide bonds. The van der Waals surface area contributed by atoms with Crippen LogP contribution >= 0.6 is 0 Å². The third-order valence-electron chi connectivity index (χ3n) is 4.91. The third-order valence-corrected chi connectivity index (χ3v) is 4.91. The highest BCUT2D eigenvalue weighted by molar-refractivity contribution is 5.95. The predicted molar refractivity (Wildman–Crippen MR) is 96.2 cm³/mol. The smallest absolute Gasteiger partial charge is 0.260 e. The van der Waals surface area contributed by atoms with Gasteiger partial charge in [-0.05, 0) is 55.5 Å². The number of hydrogen-bond acceptors (Lipinski definition) is 2. The van der Waals surface area contributed by atoms with E-state index >= 15 is 0 Å². The molecule has 0 radical (unpaired) electrons. The van der Waals surface area contributed by atoms with Gasteiger partial charge in [0.05, 0.1) is 0 Å². The Balaban J connectivity index is 1.50. The van der Waals surface area contributed by atoms with Gasteiger partial charge in [-0.15, -0.1) is 0 Å². The number of benzene rings is 2. The minimum atomic E-state index is -0.849. The lowest BCUT2D eigenvalue weighted by Gasteiger charge is -2.23. The van der Waals surface area contributed by atoms with Crippen LogP contribution < -0.4 is 5.32 Å². The fourth-order valence-corrected chi connectivity index (χ4v) is 3.05. The van der Waals surface area contributed by atoms with Gasteiger partial charge in [0, 0.05) is 24.2 Å². The number of nitrogens with zero attached hydrogens (tertiary/aromatic N) is 1. The van der Waals surface area contributed by atoms with Crippen LogP contribution in [0.5, 0.6) is 0 Å². The standard InChI is InChI=1S/C21H20F2N2O2/c22-17-2-1-3-18(23)19(17)21(27)25(16-10-11-16)12-13-4-6-14(7-5-13)20(26)24-15-8-9-15/h1-7,15-16H,8-12H2,(H,24,26). The summed E-state index contributed by atoms with van der Waals surface area (Å²) in [5.74, 6) is -2.44. The Kier molecular flexibility index (Phi) is 4.64. The van der Waals surface area contributed by atoms with E-state index in [-0.39, 0.29) is 24.5 Å². The fourth-order valence-electron chi connectivity index (χ4n) is 3.05. The molecule has 0 unspecified atom stereocenters. The second-order valence-corrected chi connectivity index (χ2v) is 7.21. The predicted octanol–water partition coefficient (Wildman–Crippen LogP) is 3.66. The molecule has 4 nitrogen and oxygen atoms in total. The maximum absolute atomic E-state index is 14.0. The molecule has 4 rings (SSSR count). The highest BCUT2D eigenvalue weighted by atomic mass is 19.1. The molecular formula is C21H20F2N2O2. The Hall–Kier alpha value is -2.76. The van der Waals surface area contributed by atoms with E-state index in [4.69, 9.17) is 0 Å². The van der Waals surface area contributed by atoms with E-state index in [9.17, 15) is 18.4 Å². The van der Waals surface area contributed by atoms with Gasteiger partial charge in [-0.25, -0.2) is 8.78 Å². The first-order valence-electron chi connectivity index (χ1n) is 9.17. The lowest BCUT2D eigenvalue weighted by Crippen LogP contribution is -2.34. The second-order valence-electron chi connectivity index (χ2n) is 7.21. The van der Waals surface area contributed by atoms with Crippen molar-refractivity contribution < 1.29 is 18.4 Å². The van der Waals surface area contributed by atoms with E-state index < -0.39 is 23.1 Å². The van der Waals surface area contributed by atoms with Crippen LogP contribution in [0.4, 0.5) is 8.78 Å². The zero-order chi connectivity index (χ0) is 19.0. The minimum absolute atomic E-state index is 0.00523. The first-order chi connectivity index (χ1) is 13.0. The Morgan fingerprint density at radius 2 is 1.59 bits per heavy atom. The van der Waals surface area contributed by atoms with Crippen LogP contribution in [0, 0.1) is 11.6 Å². The summed E-state index contributed by atoms with van der Waals surface area (Å²) in [6, 6.07) is 10.7. The number of hydrogen-bond donors (Lipinski definition) is 1. The molecule has 2 aromatic carbocycles. The van der Waals surface area contributed by atoms with E-state index in [1.165, 1.54) is 11.0 Å². The van der Waals surface area contributed by atoms with Crippen molar-refractivity contribution >= 4 is 11.8 Å². The topological polar surface area (TPSA) is 49.4 Å². The highest BCUT2D eigenvalue weighted by Crippen LogP contribution is 2.31. The van der Waals surface area contributed by atoms with Crippen LogP contribution in [-0.2, 0) is 6.54 Å². The van der Waals surface area contributed by atoms with E-state index in [1.807, 2.05) is 0 Å². The molecule has 0 heterocycles. The summed E-state index contributed by atoms with van der Waals surface area (Å²) >= 11 is 0. The SMILES string of the molecule is O=C(NC1CC1)c1ccc(CN(C(=O)c2c(F)cccc2F)C2CC2)cc1. The zero-order valence-corrected chi connectivity index (χ0v) is 14.8. The van der Waals surface area contributed by atoms with Crippen LogP contribution in [0.25, 0.3) is 0 Å². The Morgan fingerprint density at radius 1 is 0.963 bits per heavy atom. The van der Waals surface area contributed by atoms with Crippen molar-refractivity contribution in [3.05, 3.63) is 70.8 Å². The molecule has 2 fully saturated rings. The normalized spacial score (nSPS) is 16.1. The van der Waals surface area contributed by atoms with Gasteiger partial charge in [-0.2, -0.15) is 0 Å². The van der Waals surface area contributed by atoms with Crippen molar-refractivity contribution in [3.8, 4) is 0 Å². The fraction of sp³-hybridized carbons (Fsp3) is 0.333. The molecular weight excluding hydrogens is 350 g/mol. The van der Waals surface area contributed by atoms with Crippen molar-refractivity contribution in [1.29, 1.82) is 0 Å². The number of amides is 2. The molecule has 140 valence electrons. The summed E-state index contributed by atoms with van der Waals surface area (Å²) < 4.78 is 28.0. The summed E-state index contributed by atoms with van der Waals surface area (Å²) in [7, 11) is 0. The van der Waals surface area contributed by atoms with E-state index in [2.05, 4.69) is 5.32 Å². The molecule has 2 aliphatic carbocycles. The quantitative estimate of drug-likeness (QED) is 0.844. The van der Waals surface area contributed by atoms with Crippen molar-refractivity contribution in [3.63, 3.8) is 0 Å². The van der Waals surface area contributed by atoms with Gasteiger partial charge in [0.15, 0.2) is 0 Å².